The third-order valence-corrected chi connectivity index (χ3v) is 5.39. The Balaban J connectivity index is 2.05. The van der Waals surface area contributed by atoms with Crippen molar-refractivity contribution < 1.29 is 4.74 Å². The second kappa shape index (κ2) is 5.55. The number of rotatable bonds is 2. The van der Waals surface area contributed by atoms with Crippen LogP contribution in [-0.2, 0) is 4.74 Å². The summed E-state index contributed by atoms with van der Waals surface area (Å²) >= 11 is 2.14. The van der Waals surface area contributed by atoms with Gasteiger partial charge < -0.3 is 10.5 Å². The first kappa shape index (κ1) is 11.7. The minimum atomic E-state index is 0.568. The molecule has 1 spiro atoms. The van der Waals surface area contributed by atoms with Crippen molar-refractivity contribution in [3.8, 4) is 0 Å². The molecule has 0 aromatic heterocycles. The Morgan fingerprint density at radius 1 is 1.33 bits per heavy atom. The highest BCUT2D eigenvalue weighted by atomic mass is 32.2. The average molecular weight is 229 g/mol. The van der Waals surface area contributed by atoms with E-state index in [9.17, 15) is 0 Å². The highest BCUT2D eigenvalue weighted by Gasteiger charge is 2.40. The molecule has 0 radical (unpaired) electrons. The van der Waals surface area contributed by atoms with Gasteiger partial charge in [-0.3, -0.25) is 0 Å². The topological polar surface area (TPSA) is 35.2 Å². The zero-order valence-electron chi connectivity index (χ0n) is 9.54. The summed E-state index contributed by atoms with van der Waals surface area (Å²) in [5.74, 6) is 3.55. The fourth-order valence-corrected chi connectivity index (χ4v) is 4.68. The molecule has 0 bridgehead atoms. The molecule has 0 aromatic carbocycles. The smallest absolute Gasteiger partial charge is 0.0471 e. The van der Waals surface area contributed by atoms with Crippen LogP contribution in [0.1, 0.15) is 32.1 Å². The van der Waals surface area contributed by atoms with E-state index < -0.39 is 0 Å². The van der Waals surface area contributed by atoms with Crippen LogP contribution in [0.15, 0.2) is 0 Å². The predicted molar refractivity (Wildman–Crippen MR) is 66.2 cm³/mol. The lowest BCUT2D eigenvalue weighted by Crippen LogP contribution is -2.38. The molecule has 0 saturated carbocycles. The molecular formula is C12H23NOS. The molecule has 2 N–H and O–H groups in total. The normalized spacial score (nSPS) is 37.8. The third kappa shape index (κ3) is 2.69. The lowest BCUT2D eigenvalue weighted by atomic mass is 9.69. The first-order valence-corrected chi connectivity index (χ1v) is 7.38. The maximum absolute atomic E-state index is 5.75. The molecule has 3 heteroatoms. The molecule has 2 rings (SSSR count). The maximum atomic E-state index is 5.75. The van der Waals surface area contributed by atoms with Crippen LogP contribution in [0.4, 0.5) is 0 Å². The molecular weight excluding hydrogens is 206 g/mol. The standard InChI is InChI=1S/C12H23NOS/c13-6-2-11-3-9-15-10-12(11)4-1-7-14-8-5-12/h11H,1-10,13H2. The van der Waals surface area contributed by atoms with Crippen molar-refractivity contribution >= 4 is 11.8 Å². The van der Waals surface area contributed by atoms with E-state index in [0.29, 0.717) is 5.41 Å². The predicted octanol–water partition coefficient (Wildman–Crippen LogP) is 2.28. The van der Waals surface area contributed by atoms with Gasteiger partial charge in [0.25, 0.3) is 0 Å². The average Bonchev–Trinajstić information content (AvgIpc) is 2.49. The van der Waals surface area contributed by atoms with Crippen molar-refractivity contribution in [2.75, 3.05) is 31.3 Å². The van der Waals surface area contributed by atoms with Gasteiger partial charge >= 0.3 is 0 Å². The van der Waals surface area contributed by atoms with Gasteiger partial charge in [0, 0.05) is 13.2 Å². The summed E-state index contributed by atoms with van der Waals surface area (Å²) in [5, 5.41) is 0. The monoisotopic (exact) mass is 229 g/mol. The minimum Gasteiger partial charge on any atom is -0.381 e. The molecule has 2 saturated heterocycles. The third-order valence-electron chi connectivity index (χ3n) is 4.09. The summed E-state index contributed by atoms with van der Waals surface area (Å²) in [6.07, 6.45) is 6.49. The van der Waals surface area contributed by atoms with Gasteiger partial charge in [-0.25, -0.2) is 0 Å². The van der Waals surface area contributed by atoms with Crippen LogP contribution in [0.3, 0.4) is 0 Å². The summed E-state index contributed by atoms with van der Waals surface area (Å²) in [6.45, 7) is 2.81. The maximum Gasteiger partial charge on any atom is 0.0471 e. The van der Waals surface area contributed by atoms with Crippen LogP contribution in [0.5, 0.6) is 0 Å². The number of ether oxygens (including phenoxy) is 1. The van der Waals surface area contributed by atoms with Gasteiger partial charge in [-0.15, -0.1) is 0 Å². The van der Waals surface area contributed by atoms with Crippen LogP contribution in [0.25, 0.3) is 0 Å². The van der Waals surface area contributed by atoms with Gasteiger partial charge in [-0.1, -0.05) is 0 Å². The summed E-state index contributed by atoms with van der Waals surface area (Å²) < 4.78 is 5.61. The number of nitrogens with two attached hydrogens (primary N) is 1. The highest BCUT2D eigenvalue weighted by Crippen LogP contribution is 2.47. The van der Waals surface area contributed by atoms with Crippen molar-refractivity contribution in [3.63, 3.8) is 0 Å². The van der Waals surface area contributed by atoms with Crippen molar-refractivity contribution in [2.24, 2.45) is 17.1 Å². The van der Waals surface area contributed by atoms with Crippen molar-refractivity contribution in [1.29, 1.82) is 0 Å². The van der Waals surface area contributed by atoms with E-state index in [2.05, 4.69) is 11.8 Å². The first-order valence-electron chi connectivity index (χ1n) is 6.23. The quantitative estimate of drug-likeness (QED) is 0.789. The van der Waals surface area contributed by atoms with E-state index in [1.165, 1.54) is 43.6 Å². The molecule has 2 unspecified atom stereocenters. The second-order valence-corrected chi connectivity index (χ2v) is 6.05. The van der Waals surface area contributed by atoms with Crippen LogP contribution in [-0.4, -0.2) is 31.3 Å². The lowest BCUT2D eigenvalue weighted by molar-refractivity contribution is 0.108. The van der Waals surface area contributed by atoms with Gasteiger partial charge in [0.1, 0.15) is 0 Å². The largest absolute Gasteiger partial charge is 0.381 e. The van der Waals surface area contributed by atoms with E-state index >= 15 is 0 Å². The molecule has 0 aromatic rings. The summed E-state index contributed by atoms with van der Waals surface area (Å²) in [4.78, 5) is 0. The van der Waals surface area contributed by atoms with Gasteiger partial charge in [0.2, 0.25) is 0 Å². The number of hydrogen-bond acceptors (Lipinski definition) is 3. The van der Waals surface area contributed by atoms with Crippen molar-refractivity contribution in [1.82, 2.24) is 0 Å². The van der Waals surface area contributed by atoms with Crippen LogP contribution < -0.4 is 5.73 Å². The Morgan fingerprint density at radius 2 is 2.27 bits per heavy atom. The van der Waals surface area contributed by atoms with E-state index in [0.717, 1.165) is 25.7 Å². The first-order chi connectivity index (χ1) is 7.37. The van der Waals surface area contributed by atoms with Crippen LogP contribution in [0.2, 0.25) is 0 Å². The molecule has 2 fully saturated rings. The van der Waals surface area contributed by atoms with Gasteiger partial charge in [0.05, 0.1) is 0 Å². The second-order valence-electron chi connectivity index (χ2n) is 4.94. The van der Waals surface area contributed by atoms with E-state index in [4.69, 9.17) is 10.5 Å². The Bertz CT molecular complexity index is 188. The van der Waals surface area contributed by atoms with Crippen molar-refractivity contribution in [2.45, 2.75) is 32.1 Å². The molecule has 2 atom stereocenters. The molecule has 88 valence electrons. The Morgan fingerprint density at radius 3 is 3.13 bits per heavy atom. The van der Waals surface area contributed by atoms with E-state index in [-0.39, 0.29) is 0 Å². The molecule has 0 aliphatic carbocycles. The molecule has 0 amide bonds. The lowest BCUT2D eigenvalue weighted by Gasteiger charge is -2.43. The molecule has 2 aliphatic rings. The van der Waals surface area contributed by atoms with Gasteiger partial charge in [-0.2, -0.15) is 11.8 Å². The molecule has 2 nitrogen and oxygen atoms in total. The zero-order chi connectivity index (χ0) is 10.6. The Kier molecular flexibility index (Phi) is 4.35. The highest BCUT2D eigenvalue weighted by molar-refractivity contribution is 7.99. The zero-order valence-corrected chi connectivity index (χ0v) is 10.4. The van der Waals surface area contributed by atoms with Gasteiger partial charge in [-0.05, 0) is 61.5 Å². The Hall–Kier alpha value is 0.270. The van der Waals surface area contributed by atoms with Crippen LogP contribution in [0, 0.1) is 11.3 Å². The number of thioether (sulfide) groups is 1. The summed E-state index contributed by atoms with van der Waals surface area (Å²) in [6, 6.07) is 0. The summed E-state index contributed by atoms with van der Waals surface area (Å²) in [5.41, 5.74) is 6.32. The SMILES string of the molecule is NCCC1CCSCC12CCCOCC2. The van der Waals surface area contributed by atoms with E-state index in [1.54, 1.807) is 0 Å². The van der Waals surface area contributed by atoms with E-state index in [1.807, 2.05) is 0 Å². The molecule has 15 heavy (non-hydrogen) atoms. The molecule has 2 heterocycles. The van der Waals surface area contributed by atoms with Gasteiger partial charge in [0.15, 0.2) is 0 Å². The number of hydrogen-bond donors (Lipinski definition) is 1. The fraction of sp³-hybridized carbons (Fsp3) is 1.00. The Labute approximate surface area is 97.3 Å². The fourth-order valence-electron chi connectivity index (χ4n) is 3.16. The van der Waals surface area contributed by atoms with Crippen LogP contribution >= 0.6 is 11.8 Å². The molecule has 2 aliphatic heterocycles. The minimum absolute atomic E-state index is 0.568. The van der Waals surface area contributed by atoms with Crippen molar-refractivity contribution in [3.05, 3.63) is 0 Å². The summed E-state index contributed by atoms with van der Waals surface area (Å²) in [7, 11) is 0.